The molecule has 116 valence electrons. The normalized spacial score (nSPS) is 10.2. The van der Waals surface area contributed by atoms with Gasteiger partial charge in [0.1, 0.15) is 5.82 Å². The number of carbonyl (C=O) groups is 2. The van der Waals surface area contributed by atoms with E-state index in [2.05, 4.69) is 10.6 Å². The second-order valence-corrected chi connectivity index (χ2v) is 4.67. The smallest absolute Gasteiger partial charge is 0.286 e. The van der Waals surface area contributed by atoms with E-state index in [4.69, 9.17) is 4.42 Å². The summed E-state index contributed by atoms with van der Waals surface area (Å²) >= 11 is 0. The molecule has 2 aromatic rings. The van der Waals surface area contributed by atoms with E-state index in [-0.39, 0.29) is 36.4 Å². The Labute approximate surface area is 127 Å². The Hall–Kier alpha value is -2.63. The van der Waals surface area contributed by atoms with Crippen molar-refractivity contribution >= 4 is 11.8 Å². The third-order valence-electron chi connectivity index (χ3n) is 3.06. The van der Waals surface area contributed by atoms with Gasteiger partial charge in [-0.05, 0) is 30.2 Å². The van der Waals surface area contributed by atoms with E-state index < -0.39 is 0 Å². The number of amides is 2. The molecule has 0 saturated heterocycles. The summed E-state index contributed by atoms with van der Waals surface area (Å²) in [6.07, 6.45) is 1.99. The van der Waals surface area contributed by atoms with Crippen LogP contribution in [0.3, 0.4) is 0 Å². The van der Waals surface area contributed by atoms with Crippen LogP contribution in [-0.4, -0.2) is 24.9 Å². The van der Waals surface area contributed by atoms with Gasteiger partial charge in [0.15, 0.2) is 5.76 Å². The maximum Gasteiger partial charge on any atom is 0.286 e. The highest BCUT2D eigenvalue weighted by molar-refractivity contribution is 5.91. The maximum atomic E-state index is 13.4. The van der Waals surface area contributed by atoms with Crippen molar-refractivity contribution in [2.45, 2.75) is 12.8 Å². The number of hydrogen-bond acceptors (Lipinski definition) is 3. The molecule has 1 heterocycles. The summed E-state index contributed by atoms with van der Waals surface area (Å²) in [7, 11) is 0. The number of rotatable bonds is 7. The molecule has 0 aliphatic rings. The Bertz CT molecular complexity index is 626. The van der Waals surface area contributed by atoms with Crippen LogP contribution < -0.4 is 10.6 Å². The highest BCUT2D eigenvalue weighted by Gasteiger charge is 2.08. The molecule has 0 fully saturated rings. The first-order chi connectivity index (χ1) is 10.7. The van der Waals surface area contributed by atoms with Crippen LogP contribution >= 0.6 is 0 Å². The molecule has 0 bridgehead atoms. The number of nitrogens with one attached hydrogen (secondary N) is 2. The molecule has 0 radical (unpaired) electrons. The first-order valence-corrected chi connectivity index (χ1v) is 6.98. The molecule has 0 atom stereocenters. The summed E-state index contributed by atoms with van der Waals surface area (Å²) in [6.45, 7) is 0.566. The van der Waals surface area contributed by atoms with E-state index in [1.54, 1.807) is 30.3 Å². The van der Waals surface area contributed by atoms with Crippen molar-refractivity contribution in [2.24, 2.45) is 0 Å². The number of hydrogen-bond donors (Lipinski definition) is 2. The lowest BCUT2D eigenvalue weighted by atomic mass is 10.1. The lowest BCUT2D eigenvalue weighted by molar-refractivity contribution is -0.120. The van der Waals surface area contributed by atoms with Crippen molar-refractivity contribution in [3.8, 4) is 0 Å². The monoisotopic (exact) mass is 304 g/mol. The zero-order chi connectivity index (χ0) is 15.8. The fourth-order valence-electron chi connectivity index (χ4n) is 1.91. The van der Waals surface area contributed by atoms with Crippen molar-refractivity contribution in [1.29, 1.82) is 0 Å². The molecule has 6 heteroatoms. The van der Waals surface area contributed by atoms with Gasteiger partial charge in [-0.25, -0.2) is 4.39 Å². The van der Waals surface area contributed by atoms with E-state index in [9.17, 15) is 14.0 Å². The molecule has 2 N–H and O–H groups in total. The molecule has 22 heavy (non-hydrogen) atoms. The molecule has 0 aliphatic carbocycles. The summed E-state index contributed by atoms with van der Waals surface area (Å²) in [6, 6.07) is 9.62. The summed E-state index contributed by atoms with van der Waals surface area (Å²) in [5.41, 5.74) is 0.564. The Kier molecular flexibility index (Phi) is 5.71. The molecule has 2 amide bonds. The van der Waals surface area contributed by atoms with Gasteiger partial charge in [-0.2, -0.15) is 0 Å². The fraction of sp³-hybridized carbons (Fsp3) is 0.250. The van der Waals surface area contributed by atoms with Crippen molar-refractivity contribution in [1.82, 2.24) is 10.6 Å². The predicted octanol–water partition coefficient (Wildman–Crippen LogP) is 1.90. The molecule has 0 unspecified atom stereocenters. The van der Waals surface area contributed by atoms with Crippen molar-refractivity contribution in [2.75, 3.05) is 13.1 Å². The molecule has 2 rings (SSSR count). The van der Waals surface area contributed by atoms with Gasteiger partial charge in [0.25, 0.3) is 5.91 Å². The first-order valence-electron chi connectivity index (χ1n) is 6.98. The van der Waals surface area contributed by atoms with Gasteiger partial charge in [0.05, 0.1) is 6.26 Å². The van der Waals surface area contributed by atoms with Gasteiger partial charge in [0, 0.05) is 19.5 Å². The summed E-state index contributed by atoms with van der Waals surface area (Å²) in [5, 5.41) is 5.27. The molecule has 0 aliphatic heterocycles. The molecule has 0 saturated carbocycles. The zero-order valence-electron chi connectivity index (χ0n) is 12.0. The molecular formula is C16H17FN2O3. The predicted molar refractivity (Wildman–Crippen MR) is 78.8 cm³/mol. The van der Waals surface area contributed by atoms with Gasteiger partial charge in [-0.15, -0.1) is 0 Å². The molecular weight excluding hydrogens is 287 g/mol. The Morgan fingerprint density at radius 2 is 1.86 bits per heavy atom. The Morgan fingerprint density at radius 3 is 2.59 bits per heavy atom. The van der Waals surface area contributed by atoms with Crippen LogP contribution in [0.1, 0.15) is 22.5 Å². The number of carbonyl (C=O) groups excluding carboxylic acids is 2. The van der Waals surface area contributed by atoms with E-state index in [0.29, 0.717) is 18.5 Å². The van der Waals surface area contributed by atoms with Crippen LogP contribution in [0.25, 0.3) is 0 Å². The minimum absolute atomic E-state index is 0.156. The van der Waals surface area contributed by atoms with Gasteiger partial charge in [-0.1, -0.05) is 18.2 Å². The second kappa shape index (κ2) is 7.97. The lowest BCUT2D eigenvalue weighted by Crippen LogP contribution is -2.31. The number of halogens is 1. The quantitative estimate of drug-likeness (QED) is 0.820. The number of furan rings is 1. The summed E-state index contributed by atoms with van der Waals surface area (Å²) < 4.78 is 18.3. The van der Waals surface area contributed by atoms with Crippen LogP contribution in [0, 0.1) is 5.82 Å². The summed E-state index contributed by atoms with van der Waals surface area (Å²) in [5.74, 6) is -0.623. The molecule has 1 aromatic heterocycles. The van der Waals surface area contributed by atoms with Gasteiger partial charge >= 0.3 is 0 Å². The second-order valence-electron chi connectivity index (χ2n) is 4.67. The SMILES string of the molecule is O=C(CCNC(=O)c1ccco1)NCCc1ccccc1F. The van der Waals surface area contributed by atoms with Crippen molar-refractivity contribution < 1.29 is 18.4 Å². The summed E-state index contributed by atoms with van der Waals surface area (Å²) in [4.78, 5) is 23.2. The van der Waals surface area contributed by atoms with Crippen LogP contribution in [0.2, 0.25) is 0 Å². The largest absolute Gasteiger partial charge is 0.459 e. The Morgan fingerprint density at radius 1 is 1.05 bits per heavy atom. The highest BCUT2D eigenvalue weighted by atomic mass is 19.1. The van der Waals surface area contributed by atoms with E-state index in [1.807, 2.05) is 0 Å². The fourth-order valence-corrected chi connectivity index (χ4v) is 1.91. The number of benzene rings is 1. The first kappa shape index (κ1) is 15.8. The molecule has 1 aromatic carbocycles. The van der Waals surface area contributed by atoms with Crippen LogP contribution in [-0.2, 0) is 11.2 Å². The third kappa shape index (κ3) is 4.73. The molecule has 0 spiro atoms. The minimum Gasteiger partial charge on any atom is -0.459 e. The lowest BCUT2D eigenvalue weighted by Gasteiger charge is -2.06. The van der Waals surface area contributed by atoms with Crippen LogP contribution in [0.15, 0.2) is 47.1 Å². The minimum atomic E-state index is -0.357. The van der Waals surface area contributed by atoms with Gasteiger partial charge < -0.3 is 15.1 Å². The Balaban J connectivity index is 1.62. The van der Waals surface area contributed by atoms with Gasteiger partial charge in [0.2, 0.25) is 5.91 Å². The highest BCUT2D eigenvalue weighted by Crippen LogP contribution is 2.06. The standard InChI is InChI=1S/C16H17FN2O3/c17-13-5-2-1-4-12(13)7-9-18-15(20)8-10-19-16(21)14-6-3-11-22-14/h1-6,11H,7-10H2,(H,18,20)(H,19,21). The van der Waals surface area contributed by atoms with Crippen molar-refractivity contribution in [3.63, 3.8) is 0 Å². The maximum absolute atomic E-state index is 13.4. The van der Waals surface area contributed by atoms with Gasteiger partial charge in [-0.3, -0.25) is 9.59 Å². The van der Waals surface area contributed by atoms with E-state index in [0.717, 1.165) is 0 Å². The third-order valence-corrected chi connectivity index (χ3v) is 3.06. The van der Waals surface area contributed by atoms with Crippen molar-refractivity contribution in [3.05, 3.63) is 59.8 Å². The van der Waals surface area contributed by atoms with Crippen LogP contribution in [0.4, 0.5) is 4.39 Å². The van der Waals surface area contributed by atoms with E-state index in [1.165, 1.54) is 12.3 Å². The topological polar surface area (TPSA) is 71.3 Å². The van der Waals surface area contributed by atoms with Crippen LogP contribution in [0.5, 0.6) is 0 Å². The zero-order valence-corrected chi connectivity index (χ0v) is 12.0. The van der Waals surface area contributed by atoms with E-state index >= 15 is 0 Å². The average molecular weight is 304 g/mol. The molecule has 5 nitrogen and oxygen atoms in total. The average Bonchev–Trinajstić information content (AvgIpc) is 3.03.